The van der Waals surface area contributed by atoms with Gasteiger partial charge in [-0.15, -0.1) is 0 Å². The minimum Gasteiger partial charge on any atom is -0.457 e. The Hall–Kier alpha value is -4.70. The molecule has 36 heavy (non-hydrogen) atoms. The Kier molecular flexibility index (Phi) is 6.33. The largest absolute Gasteiger partial charge is 0.457 e. The number of carbonyl (C=O) groups is 2. The number of aromatic nitrogens is 3. The maximum absolute atomic E-state index is 13.3. The first-order valence-corrected chi connectivity index (χ1v) is 11.3. The molecule has 2 aromatic heterocycles. The molecule has 5 rings (SSSR count). The van der Waals surface area contributed by atoms with Gasteiger partial charge in [-0.05, 0) is 42.5 Å². The fourth-order valence-corrected chi connectivity index (χ4v) is 4.00. The quantitative estimate of drug-likeness (QED) is 0.431. The first-order chi connectivity index (χ1) is 17.5. The minimum atomic E-state index is -0.508. The molecule has 0 aliphatic carbocycles. The molecule has 2 N–H and O–H groups in total. The molecule has 4 aromatic rings. The highest BCUT2D eigenvalue weighted by molar-refractivity contribution is 6.05. The van der Waals surface area contributed by atoms with Crippen molar-refractivity contribution in [2.75, 3.05) is 17.2 Å². The van der Waals surface area contributed by atoms with Crippen molar-refractivity contribution in [1.29, 1.82) is 0 Å². The highest BCUT2D eigenvalue weighted by Crippen LogP contribution is 2.25. The van der Waals surface area contributed by atoms with Gasteiger partial charge in [-0.2, -0.15) is 0 Å². The van der Waals surface area contributed by atoms with Gasteiger partial charge in [-0.1, -0.05) is 18.2 Å². The molecule has 10 nitrogen and oxygen atoms in total. The van der Waals surface area contributed by atoms with Crippen LogP contribution in [0.5, 0.6) is 11.5 Å². The number of amides is 2. The molecule has 0 bridgehead atoms. The van der Waals surface area contributed by atoms with Gasteiger partial charge in [0.1, 0.15) is 22.9 Å². The van der Waals surface area contributed by atoms with Gasteiger partial charge in [0.2, 0.25) is 5.91 Å². The number of para-hydroxylation sites is 1. The molecule has 0 radical (unpaired) electrons. The normalized spacial score (nSPS) is 12.5. The molecule has 3 heterocycles. The number of pyridine rings is 1. The summed E-state index contributed by atoms with van der Waals surface area (Å²) in [5.74, 6) is 0.657. The van der Waals surface area contributed by atoms with Crippen LogP contribution in [0.4, 0.5) is 11.5 Å². The summed E-state index contributed by atoms with van der Waals surface area (Å²) in [7, 11) is 0. The molecule has 0 unspecified atom stereocenters. The van der Waals surface area contributed by atoms with E-state index in [1.54, 1.807) is 41.1 Å². The number of hydrogen-bond donors (Lipinski definition) is 2. The second kappa shape index (κ2) is 9.88. The monoisotopic (exact) mass is 485 g/mol. The summed E-state index contributed by atoms with van der Waals surface area (Å²) in [5.41, 5.74) is 1.39. The molecule has 182 valence electrons. The third kappa shape index (κ3) is 4.75. The Labute approximate surface area is 206 Å². The van der Waals surface area contributed by atoms with Gasteiger partial charge in [0.05, 0.1) is 31.1 Å². The van der Waals surface area contributed by atoms with Crippen LogP contribution in [0.2, 0.25) is 0 Å². The number of benzene rings is 2. The second-order valence-corrected chi connectivity index (χ2v) is 8.09. The van der Waals surface area contributed by atoms with Gasteiger partial charge in [-0.3, -0.25) is 19.1 Å². The van der Waals surface area contributed by atoms with Crippen molar-refractivity contribution in [3.63, 3.8) is 0 Å². The van der Waals surface area contributed by atoms with Crippen molar-refractivity contribution in [3.05, 3.63) is 94.5 Å². The third-order valence-electron chi connectivity index (χ3n) is 5.55. The van der Waals surface area contributed by atoms with E-state index in [9.17, 15) is 14.4 Å². The summed E-state index contributed by atoms with van der Waals surface area (Å²) in [6.45, 7) is 2.50. The first kappa shape index (κ1) is 23.1. The third-order valence-corrected chi connectivity index (χ3v) is 5.55. The van der Waals surface area contributed by atoms with Crippen LogP contribution >= 0.6 is 0 Å². The van der Waals surface area contributed by atoms with Crippen LogP contribution in [0.15, 0.2) is 77.7 Å². The first-order valence-electron chi connectivity index (χ1n) is 11.3. The lowest BCUT2D eigenvalue weighted by Crippen LogP contribution is -2.26. The van der Waals surface area contributed by atoms with Crippen LogP contribution in [-0.4, -0.2) is 32.8 Å². The summed E-state index contributed by atoms with van der Waals surface area (Å²) in [6.07, 6.45) is 1.53. The standard InChI is InChI=1S/C26H23N5O5/c1-17(32)28-23-15-21(11-12-27-23)36-20-9-7-18(8-10-20)29-25(33)24-22-16-35-14-13-30(22)31(26(24)34)19-5-3-2-4-6-19/h2-12,15H,13-14,16H2,1H3,(H,29,33)(H,27,28,32). The average molecular weight is 486 g/mol. The van der Waals surface area contributed by atoms with E-state index in [-0.39, 0.29) is 18.1 Å². The summed E-state index contributed by atoms with van der Waals surface area (Å²) in [4.78, 5) is 41.8. The molecule has 0 spiro atoms. The summed E-state index contributed by atoms with van der Waals surface area (Å²) < 4.78 is 14.7. The van der Waals surface area contributed by atoms with Gasteiger partial charge in [0.15, 0.2) is 0 Å². The van der Waals surface area contributed by atoms with E-state index < -0.39 is 11.5 Å². The predicted octanol–water partition coefficient (Wildman–Crippen LogP) is 3.57. The lowest BCUT2D eigenvalue weighted by atomic mass is 10.2. The number of fused-ring (bicyclic) bond motifs is 1. The molecule has 10 heteroatoms. The molecule has 1 aliphatic heterocycles. The molecule has 0 fully saturated rings. The number of ether oxygens (including phenoxy) is 2. The van der Waals surface area contributed by atoms with Crippen molar-refractivity contribution >= 4 is 23.3 Å². The highest BCUT2D eigenvalue weighted by Gasteiger charge is 2.28. The van der Waals surface area contributed by atoms with Gasteiger partial charge in [0.25, 0.3) is 11.5 Å². The summed E-state index contributed by atoms with van der Waals surface area (Å²) in [5, 5.41) is 5.40. The molecule has 0 saturated heterocycles. The molecular weight excluding hydrogens is 462 g/mol. The summed E-state index contributed by atoms with van der Waals surface area (Å²) in [6, 6.07) is 19.2. The van der Waals surface area contributed by atoms with Crippen molar-refractivity contribution in [2.45, 2.75) is 20.1 Å². The number of nitrogens with one attached hydrogen (secondary N) is 2. The molecule has 2 aromatic carbocycles. The van der Waals surface area contributed by atoms with Crippen LogP contribution in [0.1, 0.15) is 23.0 Å². The number of carbonyl (C=O) groups excluding carboxylic acids is 2. The lowest BCUT2D eigenvalue weighted by molar-refractivity contribution is -0.114. The molecule has 1 aliphatic rings. The van der Waals surface area contributed by atoms with E-state index in [4.69, 9.17) is 9.47 Å². The van der Waals surface area contributed by atoms with Crippen LogP contribution in [0.25, 0.3) is 5.69 Å². The maximum Gasteiger partial charge on any atom is 0.284 e. The number of anilines is 2. The minimum absolute atomic E-state index is 0.0566. The Morgan fingerprint density at radius 2 is 1.78 bits per heavy atom. The SMILES string of the molecule is CC(=O)Nc1cc(Oc2ccc(NC(=O)c3c4n(n(-c5ccccc5)c3=O)CCOC4)cc2)ccn1. The second-order valence-electron chi connectivity index (χ2n) is 8.09. The Morgan fingerprint density at radius 1 is 1.00 bits per heavy atom. The molecule has 0 saturated carbocycles. The highest BCUT2D eigenvalue weighted by atomic mass is 16.5. The van der Waals surface area contributed by atoms with E-state index in [1.165, 1.54) is 17.8 Å². The zero-order valence-corrected chi connectivity index (χ0v) is 19.4. The smallest absolute Gasteiger partial charge is 0.284 e. The Morgan fingerprint density at radius 3 is 2.53 bits per heavy atom. The van der Waals surface area contributed by atoms with Crippen LogP contribution in [0, 0.1) is 0 Å². The van der Waals surface area contributed by atoms with Crippen LogP contribution in [-0.2, 0) is 22.7 Å². The fraction of sp³-hybridized carbons (Fsp3) is 0.154. The predicted molar refractivity (Wildman–Crippen MR) is 133 cm³/mol. The lowest BCUT2D eigenvalue weighted by Gasteiger charge is -2.19. The van der Waals surface area contributed by atoms with Gasteiger partial charge >= 0.3 is 0 Å². The van der Waals surface area contributed by atoms with Crippen molar-refractivity contribution in [2.24, 2.45) is 0 Å². The maximum atomic E-state index is 13.3. The van der Waals surface area contributed by atoms with E-state index in [0.717, 1.165) is 0 Å². The van der Waals surface area contributed by atoms with E-state index in [1.807, 2.05) is 30.3 Å². The van der Waals surface area contributed by atoms with E-state index >= 15 is 0 Å². The Bertz CT molecular complexity index is 1480. The molecule has 0 atom stereocenters. The average Bonchev–Trinajstić information content (AvgIpc) is 3.17. The van der Waals surface area contributed by atoms with Crippen molar-refractivity contribution in [3.8, 4) is 17.2 Å². The number of rotatable bonds is 6. The van der Waals surface area contributed by atoms with Crippen molar-refractivity contribution in [1.82, 2.24) is 14.3 Å². The van der Waals surface area contributed by atoms with Crippen LogP contribution < -0.4 is 20.9 Å². The van der Waals surface area contributed by atoms with E-state index in [0.29, 0.717) is 47.5 Å². The number of nitrogens with zero attached hydrogens (tertiary/aromatic N) is 3. The van der Waals surface area contributed by atoms with E-state index in [2.05, 4.69) is 15.6 Å². The number of hydrogen-bond acceptors (Lipinski definition) is 6. The topological polar surface area (TPSA) is 116 Å². The zero-order chi connectivity index (χ0) is 25.1. The fourth-order valence-electron chi connectivity index (χ4n) is 4.00. The Balaban J connectivity index is 1.35. The van der Waals surface area contributed by atoms with Gasteiger partial charge in [-0.25, -0.2) is 9.67 Å². The van der Waals surface area contributed by atoms with Gasteiger partial charge < -0.3 is 20.1 Å². The zero-order valence-electron chi connectivity index (χ0n) is 19.4. The van der Waals surface area contributed by atoms with Crippen LogP contribution in [0.3, 0.4) is 0 Å². The van der Waals surface area contributed by atoms with Gasteiger partial charge in [0, 0.05) is 24.9 Å². The summed E-state index contributed by atoms with van der Waals surface area (Å²) >= 11 is 0. The molecular formula is C26H23N5O5. The molecule has 2 amide bonds. The van der Waals surface area contributed by atoms with Crippen molar-refractivity contribution < 1.29 is 19.1 Å².